The summed E-state index contributed by atoms with van der Waals surface area (Å²) in [4.78, 5) is 40.8. The molecule has 5 unspecified atom stereocenters. The summed E-state index contributed by atoms with van der Waals surface area (Å²) < 4.78 is 12.0. The van der Waals surface area contributed by atoms with Crippen LogP contribution in [0.25, 0.3) is 0 Å². The Bertz CT molecular complexity index is 1180. The van der Waals surface area contributed by atoms with E-state index in [0.717, 1.165) is 19.3 Å². The number of Topliss-reactive ketones (excluding diaryl/α,β-unsaturated/α-hetero) is 1. The molecule has 0 aliphatic heterocycles. The van der Waals surface area contributed by atoms with Gasteiger partial charge in [-0.1, -0.05) is 99.1 Å². The average Bonchev–Trinajstić information content (AvgIpc) is 3.37. The van der Waals surface area contributed by atoms with E-state index in [1.165, 1.54) is 25.7 Å². The van der Waals surface area contributed by atoms with E-state index in [-0.39, 0.29) is 35.8 Å². The van der Waals surface area contributed by atoms with Gasteiger partial charge in [-0.05, 0) is 42.7 Å². The largest absolute Gasteiger partial charge is 0.461 e. The first-order chi connectivity index (χ1) is 20.5. The number of esters is 2. The maximum atomic E-state index is 14.7. The van der Waals surface area contributed by atoms with Gasteiger partial charge in [0.05, 0.1) is 11.3 Å². The lowest BCUT2D eigenvalue weighted by molar-refractivity contribution is -0.192. The Kier molecular flexibility index (Phi) is 10.0. The standard InChI is InChI=1S/C36H56O8/c1-9-10-11-12-13-14-15-16-27(37)44-35-19-23(5)34-18-22(4)29(38)36(34,42)30(39)25(20-43-32(41)24(6)21(2)3)17-26(31(34)40)28(35)33(35,7)8/h17-18,21,23-24,26,28-30,38-39,42H,9-16,19-20H2,1-8H3/t23-,24?,26?,28-,29+,30?,34?,35+,36?/m1/s1. The van der Waals surface area contributed by atoms with Crippen LogP contribution in [0.4, 0.5) is 0 Å². The van der Waals surface area contributed by atoms with E-state index in [9.17, 15) is 29.7 Å². The maximum absolute atomic E-state index is 14.7. The molecule has 0 amide bonds. The summed E-state index contributed by atoms with van der Waals surface area (Å²) >= 11 is 0. The molecule has 4 aliphatic carbocycles. The van der Waals surface area contributed by atoms with Gasteiger partial charge in [-0.2, -0.15) is 0 Å². The molecule has 2 fully saturated rings. The van der Waals surface area contributed by atoms with Gasteiger partial charge in [-0.15, -0.1) is 0 Å². The van der Waals surface area contributed by atoms with Crippen LogP contribution in [0.3, 0.4) is 0 Å². The van der Waals surface area contributed by atoms with Gasteiger partial charge < -0.3 is 24.8 Å². The third kappa shape index (κ3) is 5.30. The van der Waals surface area contributed by atoms with Crippen LogP contribution in [0.15, 0.2) is 23.3 Å². The Hall–Kier alpha value is -2.03. The Morgan fingerprint density at radius 1 is 1.02 bits per heavy atom. The predicted octanol–water partition coefficient (Wildman–Crippen LogP) is 5.46. The third-order valence-electron chi connectivity index (χ3n) is 11.9. The van der Waals surface area contributed by atoms with Gasteiger partial charge in [-0.3, -0.25) is 14.4 Å². The molecule has 248 valence electrons. The highest BCUT2D eigenvalue weighted by atomic mass is 16.6. The van der Waals surface area contributed by atoms with Gasteiger partial charge in [0, 0.05) is 23.7 Å². The van der Waals surface area contributed by atoms with Crippen molar-refractivity contribution in [3.8, 4) is 0 Å². The molecule has 0 saturated heterocycles. The van der Waals surface area contributed by atoms with Gasteiger partial charge in [0.25, 0.3) is 0 Å². The van der Waals surface area contributed by atoms with Crippen LogP contribution in [-0.4, -0.2) is 63.1 Å². The van der Waals surface area contributed by atoms with Crippen LogP contribution in [0.5, 0.6) is 0 Å². The van der Waals surface area contributed by atoms with Gasteiger partial charge in [0.1, 0.15) is 30.0 Å². The molecule has 0 aromatic rings. The first-order valence-corrected chi connectivity index (χ1v) is 17.0. The van der Waals surface area contributed by atoms with Crippen molar-refractivity contribution in [1.29, 1.82) is 0 Å². The first-order valence-electron chi connectivity index (χ1n) is 17.0. The second-order valence-electron chi connectivity index (χ2n) is 15.2. The molecule has 8 nitrogen and oxygen atoms in total. The van der Waals surface area contributed by atoms with Crippen molar-refractivity contribution in [2.75, 3.05) is 6.61 Å². The molecule has 2 bridgehead atoms. The van der Waals surface area contributed by atoms with E-state index in [4.69, 9.17) is 9.47 Å². The van der Waals surface area contributed by atoms with Gasteiger partial charge in [0.15, 0.2) is 5.78 Å². The number of carbonyl (C=O) groups excluding carboxylic acids is 3. The molecule has 0 heterocycles. The molecule has 0 radical (unpaired) electrons. The number of hydrogen-bond donors (Lipinski definition) is 3. The molecular weight excluding hydrogens is 560 g/mol. The molecule has 0 aromatic carbocycles. The van der Waals surface area contributed by atoms with Crippen molar-refractivity contribution in [3.63, 3.8) is 0 Å². The van der Waals surface area contributed by atoms with E-state index < -0.39 is 58.0 Å². The molecule has 1 spiro atoms. The number of unbranched alkanes of at least 4 members (excludes halogenated alkanes) is 6. The monoisotopic (exact) mass is 616 g/mol. The van der Waals surface area contributed by atoms with E-state index in [2.05, 4.69) is 6.92 Å². The number of rotatable bonds is 13. The number of fused-ring (bicyclic) bond motifs is 3. The van der Waals surface area contributed by atoms with Crippen molar-refractivity contribution in [2.45, 2.75) is 137 Å². The number of allylic oxidation sites excluding steroid dienone is 1. The summed E-state index contributed by atoms with van der Waals surface area (Å²) in [5.41, 5.74) is -4.80. The fraction of sp³-hybridized carbons (Fsp3) is 0.806. The third-order valence-corrected chi connectivity index (χ3v) is 11.9. The highest BCUT2D eigenvalue weighted by Crippen LogP contribution is 2.75. The zero-order valence-corrected chi connectivity index (χ0v) is 28.2. The smallest absolute Gasteiger partial charge is 0.309 e. The number of aliphatic hydroxyl groups excluding tert-OH is 2. The van der Waals surface area contributed by atoms with Crippen LogP contribution < -0.4 is 0 Å². The summed E-state index contributed by atoms with van der Waals surface area (Å²) in [7, 11) is 0. The zero-order chi connectivity index (χ0) is 32.8. The van der Waals surface area contributed by atoms with Crippen molar-refractivity contribution >= 4 is 17.7 Å². The van der Waals surface area contributed by atoms with Crippen molar-refractivity contribution in [1.82, 2.24) is 0 Å². The molecule has 9 atom stereocenters. The first kappa shape index (κ1) is 34.8. The number of aliphatic hydroxyl groups is 3. The van der Waals surface area contributed by atoms with Crippen molar-refractivity contribution in [3.05, 3.63) is 23.3 Å². The topological polar surface area (TPSA) is 130 Å². The number of ketones is 1. The SMILES string of the molecule is CCCCCCCCCC(=O)O[C@@]12C[C@@H](C)C34C=C(C)[C@H](O)C3(O)C(O)C(COC(=O)C(C)C(C)C)=CC(C4=O)[C@@H]1C2(C)C. The molecule has 4 aliphatic rings. The maximum Gasteiger partial charge on any atom is 0.309 e. The van der Waals surface area contributed by atoms with Gasteiger partial charge in [0.2, 0.25) is 0 Å². The van der Waals surface area contributed by atoms with Crippen molar-refractivity contribution in [2.24, 2.45) is 40.4 Å². The minimum absolute atomic E-state index is 0.0419. The van der Waals surface area contributed by atoms with E-state index in [1.807, 2.05) is 34.6 Å². The minimum Gasteiger partial charge on any atom is -0.461 e. The lowest BCUT2D eigenvalue weighted by Gasteiger charge is -2.48. The Morgan fingerprint density at radius 3 is 2.25 bits per heavy atom. The Morgan fingerprint density at radius 2 is 1.64 bits per heavy atom. The van der Waals surface area contributed by atoms with E-state index in [0.29, 0.717) is 18.4 Å². The fourth-order valence-corrected chi connectivity index (χ4v) is 8.76. The molecule has 3 N–H and O–H groups in total. The van der Waals surface area contributed by atoms with Gasteiger partial charge >= 0.3 is 11.9 Å². The lowest BCUT2D eigenvalue weighted by Crippen LogP contribution is -2.65. The highest BCUT2D eigenvalue weighted by Gasteiger charge is 2.83. The second-order valence-corrected chi connectivity index (χ2v) is 15.2. The van der Waals surface area contributed by atoms with Crippen LogP contribution in [0, 0.1) is 40.4 Å². The number of ether oxygens (including phenoxy) is 2. The highest BCUT2D eigenvalue weighted by molar-refractivity contribution is 5.96. The van der Waals surface area contributed by atoms with Gasteiger partial charge in [-0.25, -0.2) is 0 Å². The summed E-state index contributed by atoms with van der Waals surface area (Å²) in [5, 5.41) is 35.5. The fourth-order valence-electron chi connectivity index (χ4n) is 8.76. The van der Waals surface area contributed by atoms with E-state index in [1.54, 1.807) is 26.0 Å². The molecular formula is C36H56O8. The van der Waals surface area contributed by atoms with Crippen LogP contribution in [-0.2, 0) is 23.9 Å². The summed E-state index contributed by atoms with van der Waals surface area (Å²) in [6.45, 7) is 15.0. The Balaban J connectivity index is 1.66. The van der Waals surface area contributed by atoms with Crippen LogP contribution in [0.2, 0.25) is 0 Å². The lowest BCUT2D eigenvalue weighted by atomic mass is 9.59. The molecule has 0 aromatic heterocycles. The zero-order valence-electron chi connectivity index (χ0n) is 28.2. The molecule has 2 saturated carbocycles. The minimum atomic E-state index is -2.27. The normalized spacial score (nSPS) is 37.6. The number of carbonyl (C=O) groups is 3. The predicted molar refractivity (Wildman–Crippen MR) is 167 cm³/mol. The molecule has 4 rings (SSSR count). The van der Waals surface area contributed by atoms with Crippen LogP contribution in [0.1, 0.15) is 113 Å². The van der Waals surface area contributed by atoms with E-state index >= 15 is 0 Å². The van der Waals surface area contributed by atoms with Crippen LogP contribution >= 0.6 is 0 Å². The average molecular weight is 617 g/mol. The molecule has 8 heteroatoms. The molecule has 44 heavy (non-hydrogen) atoms. The quantitative estimate of drug-likeness (QED) is 0.141. The summed E-state index contributed by atoms with van der Waals surface area (Å²) in [6, 6.07) is 0. The van der Waals surface area contributed by atoms with Crippen molar-refractivity contribution < 1.29 is 39.2 Å². The summed E-state index contributed by atoms with van der Waals surface area (Å²) in [6.07, 6.45) is 8.33. The number of hydrogen-bond acceptors (Lipinski definition) is 8. The summed E-state index contributed by atoms with van der Waals surface area (Å²) in [5.74, 6) is -3.17. The second kappa shape index (κ2) is 12.6. The Labute approximate surface area is 263 Å².